The molecule has 1 rings (SSSR count). The molecular weight excluding hydrogens is 326 g/mol. The zero-order valence-electron chi connectivity index (χ0n) is 11.1. The molecule has 1 aromatic carbocycles. The molecule has 1 aromatic rings. The van der Waals surface area contributed by atoms with Crippen LogP contribution in [0.1, 0.15) is 6.42 Å². The van der Waals surface area contributed by atoms with Crippen LogP contribution in [-0.2, 0) is 9.84 Å². The summed E-state index contributed by atoms with van der Waals surface area (Å²) in [5.41, 5.74) is -1.15. The normalized spacial score (nSPS) is 11.8. The number of sulfone groups is 1. The fourth-order valence-corrected chi connectivity index (χ4v) is 2.05. The van der Waals surface area contributed by atoms with E-state index in [9.17, 15) is 25.8 Å². The molecule has 108 valence electrons. The molecule has 0 unspecified atom stereocenters. The maximum Gasteiger partial charge on any atom is 1.00 e. The number of ether oxygens (including phenoxy) is 1. The first-order valence-corrected chi connectivity index (χ1v) is 7.45. The molecule has 0 heterocycles. The van der Waals surface area contributed by atoms with E-state index in [4.69, 9.17) is 4.74 Å². The van der Waals surface area contributed by atoms with E-state index in [-0.39, 0.29) is 70.2 Å². The van der Waals surface area contributed by atoms with Gasteiger partial charge in [0.15, 0.2) is 0 Å². The molecular formula is C10H12BF4KO3S. The van der Waals surface area contributed by atoms with Crippen molar-refractivity contribution in [2.45, 2.75) is 6.42 Å². The Balaban J connectivity index is 0.00000361. The van der Waals surface area contributed by atoms with Gasteiger partial charge in [0.05, 0.1) is 18.1 Å². The van der Waals surface area contributed by atoms with Gasteiger partial charge in [-0.15, -0.1) is 0 Å². The summed E-state index contributed by atoms with van der Waals surface area (Å²) in [6.07, 6.45) is 1.09. The molecule has 0 N–H and O–H groups in total. The van der Waals surface area contributed by atoms with Crippen LogP contribution in [0.15, 0.2) is 18.2 Å². The molecule has 10 heteroatoms. The van der Waals surface area contributed by atoms with E-state index in [1.165, 1.54) is 0 Å². The van der Waals surface area contributed by atoms with Gasteiger partial charge in [-0.1, -0.05) is 5.46 Å². The molecule has 0 aliphatic heterocycles. The minimum Gasteiger partial charge on any atom is -0.497 e. The zero-order chi connectivity index (χ0) is 14.7. The first-order chi connectivity index (χ1) is 8.59. The topological polar surface area (TPSA) is 43.4 Å². The maximum atomic E-state index is 12.8. The van der Waals surface area contributed by atoms with Crippen molar-refractivity contribution in [3.05, 3.63) is 24.0 Å². The summed E-state index contributed by atoms with van der Waals surface area (Å²) in [6, 6.07) is 2.11. The average molecular weight is 338 g/mol. The first kappa shape index (κ1) is 20.4. The molecule has 0 aliphatic carbocycles. The predicted molar refractivity (Wildman–Crippen MR) is 64.9 cm³/mol. The van der Waals surface area contributed by atoms with Gasteiger partial charge in [0.2, 0.25) is 0 Å². The monoisotopic (exact) mass is 338 g/mol. The standard InChI is InChI=1S/C10H12BF4O3S.K/c1-19(16,17)6-2-5-18-10-4-3-8(12)7-9(10)11(13,14)15;/h3-4,7H,2,5-6H2,1H3;/q-1;+1. The van der Waals surface area contributed by atoms with E-state index in [1.807, 2.05) is 0 Å². The van der Waals surface area contributed by atoms with Gasteiger partial charge in [0, 0.05) is 6.26 Å². The minimum absolute atomic E-state index is 0. The molecule has 0 amide bonds. The van der Waals surface area contributed by atoms with E-state index in [0.29, 0.717) is 6.07 Å². The third kappa shape index (κ3) is 7.41. The zero-order valence-corrected chi connectivity index (χ0v) is 15.0. The van der Waals surface area contributed by atoms with Crippen LogP contribution in [0.2, 0.25) is 0 Å². The SMILES string of the molecule is CS(=O)(=O)CCCOc1ccc(F)cc1[B-](F)(F)F.[K+]. The Morgan fingerprint density at radius 2 is 1.85 bits per heavy atom. The van der Waals surface area contributed by atoms with Crippen LogP contribution in [0.4, 0.5) is 17.3 Å². The molecule has 20 heavy (non-hydrogen) atoms. The molecule has 0 saturated heterocycles. The van der Waals surface area contributed by atoms with Crippen LogP contribution in [0, 0.1) is 5.82 Å². The molecule has 0 aromatic heterocycles. The van der Waals surface area contributed by atoms with Crippen molar-refractivity contribution < 1.29 is 81.9 Å². The summed E-state index contributed by atoms with van der Waals surface area (Å²) >= 11 is 0. The van der Waals surface area contributed by atoms with Crippen molar-refractivity contribution in [3.63, 3.8) is 0 Å². The fraction of sp³-hybridized carbons (Fsp3) is 0.400. The maximum absolute atomic E-state index is 12.8. The van der Waals surface area contributed by atoms with Crippen molar-refractivity contribution in [1.82, 2.24) is 0 Å². The van der Waals surface area contributed by atoms with Crippen LogP contribution in [-0.4, -0.2) is 34.0 Å². The summed E-state index contributed by atoms with van der Waals surface area (Å²) in [5.74, 6) is -1.67. The number of halogens is 4. The summed E-state index contributed by atoms with van der Waals surface area (Å²) in [5, 5.41) is 0. The fourth-order valence-electron chi connectivity index (χ4n) is 1.41. The van der Waals surface area contributed by atoms with Gasteiger partial charge >= 0.3 is 58.4 Å². The van der Waals surface area contributed by atoms with Crippen molar-refractivity contribution in [3.8, 4) is 5.75 Å². The van der Waals surface area contributed by atoms with Crippen LogP contribution >= 0.6 is 0 Å². The van der Waals surface area contributed by atoms with E-state index in [2.05, 4.69) is 0 Å². The van der Waals surface area contributed by atoms with Crippen molar-refractivity contribution >= 4 is 22.3 Å². The molecule has 0 radical (unpaired) electrons. The van der Waals surface area contributed by atoms with Gasteiger partial charge in [-0.2, -0.15) is 0 Å². The van der Waals surface area contributed by atoms with Gasteiger partial charge < -0.3 is 17.7 Å². The number of benzene rings is 1. The largest absolute Gasteiger partial charge is 1.00 e. The molecule has 0 atom stereocenters. The Hall–Kier alpha value is 0.391. The Morgan fingerprint density at radius 1 is 1.25 bits per heavy atom. The summed E-state index contributed by atoms with van der Waals surface area (Å²) < 4.78 is 77.3. The van der Waals surface area contributed by atoms with Crippen molar-refractivity contribution in [2.75, 3.05) is 18.6 Å². The summed E-state index contributed by atoms with van der Waals surface area (Å²) in [4.78, 5) is 0. The third-order valence-corrected chi connectivity index (χ3v) is 3.27. The third-order valence-electron chi connectivity index (χ3n) is 2.24. The van der Waals surface area contributed by atoms with Crippen LogP contribution < -0.4 is 61.6 Å². The predicted octanol–water partition coefficient (Wildman–Crippen LogP) is -1.30. The second kappa shape index (κ2) is 8.14. The van der Waals surface area contributed by atoms with E-state index in [0.717, 1.165) is 18.4 Å². The summed E-state index contributed by atoms with van der Waals surface area (Å²) in [7, 11) is -3.18. The number of rotatable bonds is 6. The number of hydrogen-bond donors (Lipinski definition) is 0. The molecule has 0 fully saturated rings. The van der Waals surface area contributed by atoms with E-state index in [1.54, 1.807) is 0 Å². The first-order valence-electron chi connectivity index (χ1n) is 5.39. The molecule has 3 nitrogen and oxygen atoms in total. The smallest absolute Gasteiger partial charge is 0.497 e. The average Bonchev–Trinajstić information content (AvgIpc) is 2.23. The molecule has 0 saturated carbocycles. The minimum atomic E-state index is -5.39. The quantitative estimate of drug-likeness (QED) is 0.368. The summed E-state index contributed by atoms with van der Waals surface area (Å²) in [6.45, 7) is -5.57. The van der Waals surface area contributed by atoms with Gasteiger partial charge in [-0.3, -0.25) is 0 Å². The van der Waals surface area contributed by atoms with Crippen molar-refractivity contribution in [2.24, 2.45) is 0 Å². The van der Waals surface area contributed by atoms with E-state index < -0.39 is 33.8 Å². The second-order valence-corrected chi connectivity index (χ2v) is 6.35. The van der Waals surface area contributed by atoms with E-state index >= 15 is 0 Å². The van der Waals surface area contributed by atoms with Crippen LogP contribution in [0.3, 0.4) is 0 Å². The molecule has 0 bridgehead atoms. The Labute approximate surface area is 157 Å². The van der Waals surface area contributed by atoms with Gasteiger partial charge in [-0.05, 0) is 24.6 Å². The van der Waals surface area contributed by atoms with Gasteiger partial charge in [0.25, 0.3) is 0 Å². The van der Waals surface area contributed by atoms with Crippen LogP contribution in [0.5, 0.6) is 5.75 Å². The van der Waals surface area contributed by atoms with Gasteiger partial charge in [0.1, 0.15) is 15.7 Å². The molecule has 0 aliphatic rings. The second-order valence-electron chi connectivity index (χ2n) is 4.09. The Bertz CT molecular complexity index is 548. The Kier molecular flexibility index (Phi) is 8.30. The number of hydrogen-bond acceptors (Lipinski definition) is 3. The van der Waals surface area contributed by atoms with Crippen molar-refractivity contribution in [1.29, 1.82) is 0 Å². The van der Waals surface area contributed by atoms with Crippen LogP contribution in [0.25, 0.3) is 0 Å². The Morgan fingerprint density at radius 3 is 2.35 bits per heavy atom. The molecule has 0 spiro atoms. The van der Waals surface area contributed by atoms with Gasteiger partial charge in [-0.25, -0.2) is 12.8 Å².